The van der Waals surface area contributed by atoms with Gasteiger partial charge < -0.3 is 14.7 Å². The van der Waals surface area contributed by atoms with Gasteiger partial charge in [0, 0.05) is 11.8 Å². The summed E-state index contributed by atoms with van der Waals surface area (Å²) in [5.74, 6) is 1.47. The molecular formula is C13H16N2O2. The Hall–Kier alpha value is -1.55. The number of hydrogen-bond acceptors (Lipinski definition) is 4. The predicted molar refractivity (Wildman–Crippen MR) is 65.2 cm³/mol. The molecule has 3 aliphatic rings. The fraction of sp³-hybridized carbons (Fsp3) is 0.462. The molecule has 0 fully saturated rings. The van der Waals surface area contributed by atoms with Crippen LogP contribution in [0.4, 0.5) is 0 Å². The van der Waals surface area contributed by atoms with Gasteiger partial charge in [0.1, 0.15) is 17.5 Å². The summed E-state index contributed by atoms with van der Waals surface area (Å²) in [6.07, 6.45) is 5.47. The first-order valence-electron chi connectivity index (χ1n) is 5.79. The molecule has 0 aliphatic carbocycles. The Labute approximate surface area is 101 Å². The molecule has 17 heavy (non-hydrogen) atoms. The third-order valence-corrected chi connectivity index (χ3v) is 3.35. The molecule has 0 aromatic carbocycles. The number of aliphatic hydroxyl groups excluding tert-OH is 1. The highest BCUT2D eigenvalue weighted by Crippen LogP contribution is 2.37. The summed E-state index contributed by atoms with van der Waals surface area (Å²) in [5.41, 5.74) is 1.46. The van der Waals surface area contributed by atoms with E-state index in [2.05, 4.69) is 4.99 Å². The molecule has 0 saturated carbocycles. The number of aliphatic hydroxyl groups is 1. The lowest BCUT2D eigenvalue weighted by atomic mass is 9.96. The lowest BCUT2D eigenvalue weighted by Crippen LogP contribution is -2.38. The third-order valence-electron chi connectivity index (χ3n) is 3.35. The van der Waals surface area contributed by atoms with Crippen molar-refractivity contribution in [3.05, 3.63) is 35.4 Å². The SMILES string of the molecule is CC1=CC2=NC3=C(CN2C=C1)[C@@H](O)C(C)(C)O3. The zero-order valence-corrected chi connectivity index (χ0v) is 10.3. The van der Waals surface area contributed by atoms with Crippen molar-refractivity contribution in [2.45, 2.75) is 32.5 Å². The highest BCUT2D eigenvalue weighted by molar-refractivity contribution is 5.97. The van der Waals surface area contributed by atoms with Crippen molar-refractivity contribution in [1.82, 2.24) is 4.90 Å². The van der Waals surface area contributed by atoms with Crippen molar-refractivity contribution in [1.29, 1.82) is 0 Å². The van der Waals surface area contributed by atoms with Gasteiger partial charge in [-0.25, -0.2) is 0 Å². The number of ether oxygens (including phenoxy) is 1. The van der Waals surface area contributed by atoms with Crippen molar-refractivity contribution >= 4 is 5.84 Å². The molecule has 0 aromatic heterocycles. The highest BCUT2D eigenvalue weighted by atomic mass is 16.5. The summed E-state index contributed by atoms with van der Waals surface area (Å²) in [4.78, 5) is 6.50. The number of rotatable bonds is 0. The quantitative estimate of drug-likeness (QED) is 0.689. The molecule has 0 bridgehead atoms. The van der Waals surface area contributed by atoms with Gasteiger partial charge in [-0.2, -0.15) is 4.99 Å². The Bertz CT molecular complexity index is 498. The van der Waals surface area contributed by atoms with E-state index >= 15 is 0 Å². The first-order valence-corrected chi connectivity index (χ1v) is 5.79. The van der Waals surface area contributed by atoms with Crippen LogP contribution in [-0.2, 0) is 4.74 Å². The Morgan fingerprint density at radius 3 is 3.06 bits per heavy atom. The molecule has 90 valence electrons. The fourth-order valence-corrected chi connectivity index (χ4v) is 2.29. The van der Waals surface area contributed by atoms with Crippen molar-refractivity contribution in [2.24, 2.45) is 4.99 Å². The minimum absolute atomic E-state index is 0.578. The zero-order valence-electron chi connectivity index (χ0n) is 10.3. The van der Waals surface area contributed by atoms with Crippen LogP contribution >= 0.6 is 0 Å². The summed E-state index contributed by atoms with van der Waals surface area (Å²) < 4.78 is 5.71. The number of fused-ring (bicyclic) bond motifs is 1. The molecule has 1 atom stereocenters. The molecule has 0 spiro atoms. The molecule has 0 amide bonds. The summed E-state index contributed by atoms with van der Waals surface area (Å²) in [5, 5.41) is 10.2. The van der Waals surface area contributed by atoms with Crippen LogP contribution in [-0.4, -0.2) is 34.1 Å². The van der Waals surface area contributed by atoms with Gasteiger partial charge in [0.05, 0.1) is 6.54 Å². The van der Waals surface area contributed by atoms with Gasteiger partial charge in [-0.05, 0) is 38.5 Å². The number of hydrogen-bond donors (Lipinski definition) is 1. The topological polar surface area (TPSA) is 45.1 Å². The average Bonchev–Trinajstić information content (AvgIpc) is 2.47. The van der Waals surface area contributed by atoms with Crippen LogP contribution in [0.3, 0.4) is 0 Å². The van der Waals surface area contributed by atoms with Gasteiger partial charge >= 0.3 is 0 Å². The molecule has 3 rings (SSSR count). The lowest BCUT2D eigenvalue weighted by Gasteiger charge is -2.27. The van der Waals surface area contributed by atoms with Crippen molar-refractivity contribution in [3.63, 3.8) is 0 Å². The van der Waals surface area contributed by atoms with Gasteiger partial charge in [0.15, 0.2) is 0 Å². The Kier molecular flexibility index (Phi) is 2.01. The second-order valence-electron chi connectivity index (χ2n) is 5.24. The second kappa shape index (κ2) is 3.23. The molecule has 0 saturated heterocycles. The van der Waals surface area contributed by atoms with E-state index in [4.69, 9.17) is 4.74 Å². The van der Waals surface area contributed by atoms with Crippen LogP contribution in [0.1, 0.15) is 20.8 Å². The predicted octanol–water partition coefficient (Wildman–Crippen LogP) is 1.56. The Morgan fingerprint density at radius 2 is 2.29 bits per heavy atom. The first kappa shape index (κ1) is 10.6. The molecular weight excluding hydrogens is 216 g/mol. The van der Waals surface area contributed by atoms with Crippen LogP contribution < -0.4 is 0 Å². The molecule has 4 heteroatoms. The smallest absolute Gasteiger partial charge is 0.219 e. The van der Waals surface area contributed by atoms with Crippen LogP contribution in [0.15, 0.2) is 40.4 Å². The van der Waals surface area contributed by atoms with Gasteiger partial charge in [-0.3, -0.25) is 0 Å². The number of amidine groups is 1. The zero-order chi connectivity index (χ0) is 12.2. The molecule has 3 heterocycles. The number of aliphatic imine (C=N–C) groups is 1. The molecule has 4 nitrogen and oxygen atoms in total. The van der Waals surface area contributed by atoms with E-state index in [1.54, 1.807) is 0 Å². The summed E-state index contributed by atoms with van der Waals surface area (Å²) in [6.45, 7) is 6.45. The molecule has 0 unspecified atom stereocenters. The largest absolute Gasteiger partial charge is 0.468 e. The third kappa shape index (κ3) is 1.52. The van der Waals surface area contributed by atoms with Gasteiger partial charge in [-0.1, -0.05) is 0 Å². The van der Waals surface area contributed by atoms with Gasteiger partial charge in [-0.15, -0.1) is 0 Å². The molecule has 0 aromatic rings. The second-order valence-corrected chi connectivity index (χ2v) is 5.24. The maximum absolute atomic E-state index is 10.2. The summed E-state index contributed by atoms with van der Waals surface area (Å²) >= 11 is 0. The normalized spacial score (nSPS) is 29.4. The molecule has 0 radical (unpaired) electrons. The van der Waals surface area contributed by atoms with Crippen molar-refractivity contribution in [3.8, 4) is 0 Å². The fourth-order valence-electron chi connectivity index (χ4n) is 2.29. The van der Waals surface area contributed by atoms with E-state index < -0.39 is 11.7 Å². The number of allylic oxidation sites excluding steroid dienone is 2. The maximum atomic E-state index is 10.2. The minimum atomic E-state index is -0.580. The van der Waals surface area contributed by atoms with E-state index in [0.717, 1.165) is 11.4 Å². The van der Waals surface area contributed by atoms with Crippen LogP contribution in [0, 0.1) is 0 Å². The lowest BCUT2D eigenvalue weighted by molar-refractivity contribution is -0.0216. The number of nitrogens with zero attached hydrogens (tertiary/aromatic N) is 2. The standard InChI is InChI=1S/C13H16N2O2/c1-8-4-5-15-7-9-11(16)13(2,3)17-12(9)14-10(15)6-8/h4-6,11,16H,7H2,1-3H3/t11-/m1/s1. The van der Waals surface area contributed by atoms with Crippen molar-refractivity contribution in [2.75, 3.05) is 6.54 Å². The van der Waals surface area contributed by atoms with Crippen molar-refractivity contribution < 1.29 is 9.84 Å². The van der Waals surface area contributed by atoms with Crippen LogP contribution in [0.5, 0.6) is 0 Å². The van der Waals surface area contributed by atoms with E-state index in [1.165, 1.54) is 5.57 Å². The Morgan fingerprint density at radius 1 is 1.53 bits per heavy atom. The van der Waals surface area contributed by atoms with E-state index in [0.29, 0.717) is 12.4 Å². The average molecular weight is 232 g/mol. The maximum Gasteiger partial charge on any atom is 0.219 e. The monoisotopic (exact) mass is 232 g/mol. The summed E-state index contributed by atoms with van der Waals surface area (Å²) in [6, 6.07) is 0. The van der Waals surface area contributed by atoms with E-state index in [1.807, 2.05) is 44.0 Å². The molecule has 3 aliphatic heterocycles. The van der Waals surface area contributed by atoms with Crippen LogP contribution in [0.25, 0.3) is 0 Å². The highest BCUT2D eigenvalue weighted by Gasteiger charge is 2.44. The van der Waals surface area contributed by atoms with E-state index in [-0.39, 0.29) is 0 Å². The summed E-state index contributed by atoms with van der Waals surface area (Å²) in [7, 11) is 0. The van der Waals surface area contributed by atoms with Gasteiger partial charge in [0.25, 0.3) is 0 Å². The van der Waals surface area contributed by atoms with Gasteiger partial charge in [0.2, 0.25) is 5.88 Å². The Balaban J connectivity index is 2.00. The minimum Gasteiger partial charge on any atom is -0.468 e. The van der Waals surface area contributed by atoms with Crippen LogP contribution in [0.2, 0.25) is 0 Å². The first-order chi connectivity index (χ1) is 7.97. The molecule has 1 N–H and O–H groups in total. The van der Waals surface area contributed by atoms with E-state index in [9.17, 15) is 5.11 Å².